The zero-order valence-electron chi connectivity index (χ0n) is 17.8. The predicted octanol–water partition coefficient (Wildman–Crippen LogP) is 4.44. The van der Waals surface area contributed by atoms with Crippen molar-refractivity contribution >= 4 is 26.8 Å². The normalized spacial score (nSPS) is 11.7. The quantitative estimate of drug-likeness (QED) is 0.141. The van der Waals surface area contributed by atoms with Crippen LogP contribution in [0.5, 0.6) is 5.75 Å². The lowest BCUT2D eigenvalue weighted by molar-refractivity contribution is -0.135. The molecule has 0 radical (unpaired) electrons. The molecule has 0 aliphatic heterocycles. The Hall–Kier alpha value is -2.07. The number of aliphatic carboxylic acids is 1. The van der Waals surface area contributed by atoms with Gasteiger partial charge < -0.3 is 23.1 Å². The third-order valence-corrected chi connectivity index (χ3v) is 7.21. The van der Waals surface area contributed by atoms with Crippen molar-refractivity contribution in [1.29, 1.82) is 0 Å². The first-order valence-electron chi connectivity index (χ1n) is 10.2. The van der Waals surface area contributed by atoms with Gasteiger partial charge in [0.05, 0.1) is 0 Å². The van der Waals surface area contributed by atoms with Crippen molar-refractivity contribution in [3.05, 3.63) is 35.7 Å². The first-order chi connectivity index (χ1) is 14.4. The molecule has 168 valence electrons. The maximum Gasteiger partial charge on any atom is 0.500 e. The van der Waals surface area contributed by atoms with Crippen LogP contribution in [-0.2, 0) is 22.9 Å². The Balaban J connectivity index is 2.45. The summed E-state index contributed by atoms with van der Waals surface area (Å²) in [6, 6.07) is 4.57. The van der Waals surface area contributed by atoms with Crippen LogP contribution in [0.25, 0.3) is 6.08 Å². The molecule has 1 aromatic carbocycles. The van der Waals surface area contributed by atoms with E-state index in [2.05, 4.69) is 0 Å². The standard InChI is InChI=1S/C21H31FO7Si/c1-4-26-30(27-5-2,28-6-3)15-9-7-8-10-21(25)29-19-13-11-17(16-18(19)22)12-14-20(23)24/h11-14,16H,4-10,15H2,1-3H3,(H,23,24). The van der Waals surface area contributed by atoms with Gasteiger partial charge in [0.1, 0.15) is 0 Å². The second-order valence-corrected chi connectivity index (χ2v) is 9.11. The summed E-state index contributed by atoms with van der Waals surface area (Å²) >= 11 is 0. The van der Waals surface area contributed by atoms with E-state index in [9.17, 15) is 14.0 Å². The molecule has 30 heavy (non-hydrogen) atoms. The van der Waals surface area contributed by atoms with Gasteiger partial charge in [-0.1, -0.05) is 12.5 Å². The van der Waals surface area contributed by atoms with Gasteiger partial charge in [-0.25, -0.2) is 9.18 Å². The Morgan fingerprint density at radius 1 is 1.03 bits per heavy atom. The monoisotopic (exact) mass is 442 g/mol. The number of halogens is 1. The molecule has 1 rings (SSSR count). The molecule has 0 bridgehead atoms. The van der Waals surface area contributed by atoms with E-state index >= 15 is 0 Å². The first kappa shape index (κ1) is 26.0. The van der Waals surface area contributed by atoms with Gasteiger partial charge in [-0.3, -0.25) is 4.79 Å². The van der Waals surface area contributed by atoms with Crippen LogP contribution in [0.3, 0.4) is 0 Å². The minimum Gasteiger partial charge on any atom is -0.478 e. The highest BCUT2D eigenvalue weighted by Crippen LogP contribution is 2.22. The molecular weight excluding hydrogens is 411 g/mol. The van der Waals surface area contributed by atoms with Crippen LogP contribution >= 0.6 is 0 Å². The highest BCUT2D eigenvalue weighted by molar-refractivity contribution is 6.60. The number of hydrogen-bond donors (Lipinski definition) is 1. The van der Waals surface area contributed by atoms with Crippen LogP contribution in [0.2, 0.25) is 6.04 Å². The van der Waals surface area contributed by atoms with Crippen LogP contribution in [-0.4, -0.2) is 45.7 Å². The summed E-state index contributed by atoms with van der Waals surface area (Å²) in [7, 11) is -2.67. The minimum absolute atomic E-state index is 0.159. The summed E-state index contributed by atoms with van der Waals surface area (Å²) in [5, 5.41) is 8.59. The number of ether oxygens (including phenoxy) is 1. The van der Waals surface area contributed by atoms with E-state index < -0.39 is 26.6 Å². The van der Waals surface area contributed by atoms with Gasteiger partial charge in [-0.05, 0) is 57.4 Å². The highest BCUT2D eigenvalue weighted by Gasteiger charge is 2.39. The summed E-state index contributed by atoms with van der Waals surface area (Å²) < 4.78 is 36.5. The Morgan fingerprint density at radius 2 is 1.67 bits per heavy atom. The molecule has 0 atom stereocenters. The van der Waals surface area contributed by atoms with Crippen molar-refractivity contribution in [3.63, 3.8) is 0 Å². The lowest BCUT2D eigenvalue weighted by Crippen LogP contribution is -2.45. The summed E-state index contributed by atoms with van der Waals surface area (Å²) in [4.78, 5) is 22.5. The molecule has 7 nitrogen and oxygen atoms in total. The maximum atomic E-state index is 14.0. The Bertz CT molecular complexity index is 692. The minimum atomic E-state index is -2.67. The fourth-order valence-corrected chi connectivity index (χ4v) is 5.52. The van der Waals surface area contributed by atoms with Crippen LogP contribution in [0.1, 0.15) is 52.0 Å². The second kappa shape index (κ2) is 14.0. The van der Waals surface area contributed by atoms with Gasteiger partial charge in [-0.15, -0.1) is 0 Å². The zero-order valence-corrected chi connectivity index (χ0v) is 18.8. The van der Waals surface area contributed by atoms with E-state index in [1.165, 1.54) is 18.2 Å². The van der Waals surface area contributed by atoms with Crippen LogP contribution in [0.4, 0.5) is 4.39 Å². The lowest BCUT2D eigenvalue weighted by atomic mass is 10.2. The predicted molar refractivity (Wildman–Crippen MR) is 113 cm³/mol. The maximum absolute atomic E-state index is 14.0. The molecule has 1 N–H and O–H groups in total. The third kappa shape index (κ3) is 9.62. The average molecular weight is 443 g/mol. The topological polar surface area (TPSA) is 91.3 Å². The number of hydrogen-bond acceptors (Lipinski definition) is 6. The van der Waals surface area contributed by atoms with Crippen molar-refractivity contribution in [2.24, 2.45) is 0 Å². The molecule has 0 saturated heterocycles. The van der Waals surface area contributed by atoms with Crippen molar-refractivity contribution < 1.29 is 37.1 Å². The molecular formula is C21H31FO7Si. The third-order valence-electron chi connectivity index (χ3n) is 4.05. The van der Waals surface area contributed by atoms with Crippen molar-refractivity contribution in [2.45, 2.75) is 52.5 Å². The van der Waals surface area contributed by atoms with Gasteiger partial charge in [0.2, 0.25) is 0 Å². The summed E-state index contributed by atoms with van der Waals surface area (Å²) in [5.74, 6) is -2.56. The van der Waals surface area contributed by atoms with Gasteiger partial charge in [-0.2, -0.15) is 0 Å². The Morgan fingerprint density at radius 3 is 2.20 bits per heavy atom. The van der Waals surface area contributed by atoms with E-state index in [-0.39, 0.29) is 12.2 Å². The van der Waals surface area contributed by atoms with Crippen molar-refractivity contribution in [3.8, 4) is 5.75 Å². The molecule has 0 unspecified atom stereocenters. The molecule has 0 heterocycles. The number of carboxylic acid groups (broad SMARTS) is 1. The molecule has 1 aromatic rings. The van der Waals surface area contributed by atoms with Gasteiger partial charge in [0, 0.05) is 38.4 Å². The SMILES string of the molecule is CCO[Si](CCCCCC(=O)Oc1ccc(C=CC(=O)O)cc1F)(OCC)OCC. The van der Waals surface area contributed by atoms with E-state index in [1.807, 2.05) is 20.8 Å². The van der Waals surface area contributed by atoms with Crippen molar-refractivity contribution in [2.75, 3.05) is 19.8 Å². The molecule has 0 aliphatic rings. The van der Waals surface area contributed by atoms with E-state index in [1.54, 1.807) is 0 Å². The Labute approximate surface area is 178 Å². The van der Waals surface area contributed by atoms with Crippen LogP contribution in [0, 0.1) is 5.82 Å². The molecule has 0 aromatic heterocycles. The lowest BCUT2D eigenvalue weighted by Gasteiger charge is -2.28. The van der Waals surface area contributed by atoms with Gasteiger partial charge in [0.25, 0.3) is 0 Å². The molecule has 0 saturated carbocycles. The van der Waals surface area contributed by atoms with E-state index in [0.717, 1.165) is 25.0 Å². The van der Waals surface area contributed by atoms with Gasteiger partial charge >= 0.3 is 20.7 Å². The van der Waals surface area contributed by atoms with Gasteiger partial charge in [0.15, 0.2) is 11.6 Å². The molecule has 0 spiro atoms. The Kier molecular flexibility index (Phi) is 12.1. The second-order valence-electron chi connectivity index (χ2n) is 6.38. The summed E-state index contributed by atoms with van der Waals surface area (Å²) in [6.07, 6.45) is 4.46. The smallest absolute Gasteiger partial charge is 0.478 e. The number of carbonyl (C=O) groups excluding carboxylic acids is 1. The molecule has 0 aliphatic carbocycles. The summed E-state index contributed by atoms with van der Waals surface area (Å²) in [5.41, 5.74) is 0.361. The number of unbranched alkanes of at least 4 members (excludes halogenated alkanes) is 2. The number of benzene rings is 1. The first-order valence-corrected chi connectivity index (χ1v) is 12.1. The fraction of sp³-hybridized carbons (Fsp3) is 0.524. The highest BCUT2D eigenvalue weighted by atomic mass is 28.4. The molecule has 9 heteroatoms. The largest absolute Gasteiger partial charge is 0.500 e. The zero-order chi connectivity index (χ0) is 22.4. The van der Waals surface area contributed by atoms with E-state index in [4.69, 9.17) is 23.1 Å². The van der Waals surface area contributed by atoms with Crippen molar-refractivity contribution in [1.82, 2.24) is 0 Å². The number of carboxylic acids is 1. The molecule has 0 fully saturated rings. The molecule has 0 amide bonds. The summed E-state index contributed by atoms with van der Waals surface area (Å²) in [6.45, 7) is 7.29. The fourth-order valence-electron chi connectivity index (χ4n) is 2.83. The average Bonchev–Trinajstić information content (AvgIpc) is 2.68. The number of rotatable bonds is 15. The number of carbonyl (C=O) groups is 2. The van der Waals surface area contributed by atoms with Crippen LogP contribution in [0.15, 0.2) is 24.3 Å². The number of esters is 1. The van der Waals surface area contributed by atoms with Crippen LogP contribution < -0.4 is 4.74 Å². The van der Waals surface area contributed by atoms with E-state index in [0.29, 0.717) is 37.8 Å².